The third-order valence-electron chi connectivity index (χ3n) is 11.5. The van der Waals surface area contributed by atoms with Gasteiger partial charge in [0.25, 0.3) is 0 Å². The summed E-state index contributed by atoms with van der Waals surface area (Å²) in [6.07, 6.45) is 60.7. The molecule has 0 rings (SSSR count). The lowest BCUT2D eigenvalue weighted by Crippen LogP contribution is -2.29. The Bertz CT molecular complexity index is 1190. The van der Waals surface area contributed by atoms with Crippen molar-refractivity contribution in [1.82, 2.24) is 0 Å². The summed E-state index contributed by atoms with van der Waals surface area (Å²) in [5.41, 5.74) is 5.35. The van der Waals surface area contributed by atoms with E-state index in [4.69, 9.17) is 24.3 Å². The molecule has 0 saturated carbocycles. The fourth-order valence-corrected chi connectivity index (χ4v) is 8.36. The highest BCUT2D eigenvalue weighted by Gasteiger charge is 2.26. The van der Waals surface area contributed by atoms with Crippen molar-refractivity contribution < 1.29 is 37.6 Å². The van der Waals surface area contributed by atoms with Crippen molar-refractivity contribution in [2.24, 2.45) is 5.73 Å². The maximum absolute atomic E-state index is 12.6. The first-order valence-corrected chi connectivity index (χ1v) is 28.1. The number of hydrogen-bond donors (Lipinski definition) is 2. The van der Waals surface area contributed by atoms with E-state index < -0.39 is 32.5 Å². The number of rotatable bonds is 50. The summed E-state index contributed by atoms with van der Waals surface area (Å²) in [6, 6.07) is 0. The maximum Gasteiger partial charge on any atom is 0.472 e. The number of carbonyl (C=O) groups excluding carboxylic acids is 2. The molecule has 0 fully saturated rings. The fraction of sp³-hybridized carbons (Fsp3) is 0.815. The van der Waals surface area contributed by atoms with Gasteiger partial charge in [0.2, 0.25) is 0 Å². The Morgan fingerprint density at radius 2 is 0.859 bits per heavy atom. The van der Waals surface area contributed by atoms with Gasteiger partial charge in [-0.3, -0.25) is 18.6 Å². The van der Waals surface area contributed by atoms with Crippen molar-refractivity contribution in [3.05, 3.63) is 48.6 Å². The van der Waals surface area contributed by atoms with Crippen LogP contribution in [0.5, 0.6) is 0 Å². The second kappa shape index (κ2) is 50.4. The summed E-state index contributed by atoms with van der Waals surface area (Å²) in [5.74, 6) is -0.915. The van der Waals surface area contributed by atoms with Gasteiger partial charge in [-0.2, -0.15) is 0 Å². The van der Waals surface area contributed by atoms with Crippen LogP contribution in [0.2, 0.25) is 0 Å². The van der Waals surface area contributed by atoms with E-state index in [9.17, 15) is 19.0 Å². The molecule has 10 heteroatoms. The molecule has 2 unspecified atom stereocenters. The molecule has 64 heavy (non-hydrogen) atoms. The molecule has 3 N–H and O–H groups in total. The molecular formula is C54H100NO8P. The first kappa shape index (κ1) is 62.0. The minimum atomic E-state index is -4.40. The quantitative estimate of drug-likeness (QED) is 0.0265. The number of nitrogens with two attached hydrogens (primary N) is 1. The molecule has 0 aliphatic rings. The van der Waals surface area contributed by atoms with Crippen molar-refractivity contribution in [3.8, 4) is 0 Å². The highest BCUT2D eigenvalue weighted by molar-refractivity contribution is 7.47. The molecule has 9 nitrogen and oxygen atoms in total. The second-order valence-corrected chi connectivity index (χ2v) is 19.2. The van der Waals surface area contributed by atoms with Gasteiger partial charge >= 0.3 is 19.8 Å². The summed E-state index contributed by atoms with van der Waals surface area (Å²) in [5, 5.41) is 0. The average Bonchev–Trinajstić information content (AvgIpc) is 3.28. The van der Waals surface area contributed by atoms with Crippen molar-refractivity contribution in [1.29, 1.82) is 0 Å². The first-order chi connectivity index (χ1) is 31.3. The lowest BCUT2D eigenvalue weighted by Gasteiger charge is -2.19. The molecule has 0 aromatic heterocycles. The van der Waals surface area contributed by atoms with Crippen LogP contribution >= 0.6 is 7.82 Å². The Labute approximate surface area is 394 Å². The van der Waals surface area contributed by atoms with Crippen LogP contribution in [0.1, 0.15) is 251 Å². The van der Waals surface area contributed by atoms with Crippen molar-refractivity contribution in [3.63, 3.8) is 0 Å². The van der Waals surface area contributed by atoms with Gasteiger partial charge in [-0.1, -0.05) is 249 Å². The van der Waals surface area contributed by atoms with Crippen LogP contribution in [0.25, 0.3) is 0 Å². The molecule has 0 spiro atoms. The van der Waals surface area contributed by atoms with Crippen LogP contribution in [-0.2, 0) is 32.7 Å². The summed E-state index contributed by atoms with van der Waals surface area (Å²) in [7, 11) is -4.40. The summed E-state index contributed by atoms with van der Waals surface area (Å²) < 4.78 is 32.8. The molecule has 0 aromatic rings. The zero-order valence-corrected chi connectivity index (χ0v) is 42.4. The van der Waals surface area contributed by atoms with Gasteiger partial charge in [0.1, 0.15) is 6.61 Å². The molecule has 0 aliphatic heterocycles. The third kappa shape index (κ3) is 49.4. The maximum atomic E-state index is 12.6. The van der Waals surface area contributed by atoms with Gasteiger partial charge in [0.15, 0.2) is 6.10 Å². The van der Waals surface area contributed by atoms with E-state index in [1.54, 1.807) is 0 Å². The van der Waals surface area contributed by atoms with Crippen LogP contribution in [0.4, 0.5) is 0 Å². The largest absolute Gasteiger partial charge is 0.472 e. The van der Waals surface area contributed by atoms with Crippen molar-refractivity contribution in [2.75, 3.05) is 26.4 Å². The molecule has 374 valence electrons. The standard InChI is InChI=1S/C54H100NO8P/c1-3-5-7-9-11-13-15-17-18-19-20-21-22-23-24-25-26-27-28-29-30-31-32-33-35-36-38-40-42-44-46-53(56)60-50-52(51-62-64(58,59)61-49-48-55)63-54(57)47-45-43-41-39-37-34-16-14-12-10-8-6-4-2/h6,8,12,14,34,37,41,43,52H,3-5,7,9-11,13,15-33,35-36,38-40,42,44-51,55H2,1-2H3,(H,58,59)/b8-6-,14-12-,37-34-,43-41-. The molecule has 0 aromatic carbocycles. The minimum Gasteiger partial charge on any atom is -0.462 e. The van der Waals surface area contributed by atoms with Crippen LogP contribution in [0.3, 0.4) is 0 Å². The third-order valence-corrected chi connectivity index (χ3v) is 12.5. The topological polar surface area (TPSA) is 134 Å². The van der Waals surface area contributed by atoms with Crippen LogP contribution in [0, 0.1) is 0 Å². The minimum absolute atomic E-state index is 0.0426. The van der Waals surface area contributed by atoms with Gasteiger partial charge < -0.3 is 20.1 Å². The summed E-state index contributed by atoms with van der Waals surface area (Å²) >= 11 is 0. The highest BCUT2D eigenvalue weighted by Crippen LogP contribution is 2.43. The lowest BCUT2D eigenvalue weighted by molar-refractivity contribution is -0.161. The Morgan fingerprint density at radius 3 is 1.25 bits per heavy atom. The number of carbonyl (C=O) groups is 2. The van der Waals surface area contributed by atoms with Crippen LogP contribution in [0.15, 0.2) is 48.6 Å². The normalized spacial score (nSPS) is 13.5. The van der Waals surface area contributed by atoms with Gasteiger partial charge in [0.05, 0.1) is 13.2 Å². The Hall–Kier alpha value is -2.03. The highest BCUT2D eigenvalue weighted by atomic mass is 31.2. The fourth-order valence-electron chi connectivity index (χ4n) is 7.59. The van der Waals surface area contributed by atoms with Gasteiger partial charge in [-0.25, -0.2) is 4.57 Å². The Balaban J connectivity index is 3.89. The number of unbranched alkanes of at least 4 members (excludes halogenated alkanes) is 29. The monoisotopic (exact) mass is 922 g/mol. The number of ether oxygens (including phenoxy) is 2. The molecule has 2 atom stereocenters. The van der Waals surface area contributed by atoms with Crippen molar-refractivity contribution in [2.45, 2.75) is 258 Å². The van der Waals surface area contributed by atoms with E-state index in [0.29, 0.717) is 6.42 Å². The van der Waals surface area contributed by atoms with Gasteiger partial charge in [-0.05, 0) is 38.5 Å². The second-order valence-electron chi connectivity index (χ2n) is 17.7. The average molecular weight is 922 g/mol. The van der Waals surface area contributed by atoms with E-state index in [1.807, 2.05) is 12.2 Å². The zero-order valence-electron chi connectivity index (χ0n) is 41.5. The van der Waals surface area contributed by atoms with E-state index in [1.165, 1.54) is 173 Å². The van der Waals surface area contributed by atoms with Crippen LogP contribution in [-0.4, -0.2) is 49.3 Å². The smallest absolute Gasteiger partial charge is 0.462 e. The zero-order chi connectivity index (χ0) is 46.7. The Kier molecular flexibility index (Phi) is 48.8. The summed E-state index contributed by atoms with van der Waals surface area (Å²) in [6.45, 7) is 3.56. The number of hydrogen-bond acceptors (Lipinski definition) is 8. The predicted molar refractivity (Wildman–Crippen MR) is 270 cm³/mol. The van der Waals surface area contributed by atoms with Crippen molar-refractivity contribution >= 4 is 19.8 Å². The summed E-state index contributed by atoms with van der Waals surface area (Å²) in [4.78, 5) is 34.9. The molecular weight excluding hydrogens is 822 g/mol. The lowest BCUT2D eigenvalue weighted by atomic mass is 10.0. The molecule has 0 saturated heterocycles. The van der Waals surface area contributed by atoms with Gasteiger partial charge in [0, 0.05) is 19.4 Å². The molecule has 0 radical (unpaired) electrons. The number of phosphoric ester groups is 1. The number of esters is 2. The van der Waals surface area contributed by atoms with Gasteiger partial charge in [-0.15, -0.1) is 0 Å². The number of phosphoric acid groups is 1. The molecule has 0 bridgehead atoms. The predicted octanol–water partition coefficient (Wildman–Crippen LogP) is 16.2. The first-order valence-electron chi connectivity index (χ1n) is 26.6. The van der Waals surface area contributed by atoms with E-state index in [-0.39, 0.29) is 32.6 Å². The molecule has 0 aliphatic carbocycles. The molecule has 0 amide bonds. The molecule has 0 heterocycles. The Morgan fingerprint density at radius 1 is 0.484 bits per heavy atom. The van der Waals surface area contributed by atoms with E-state index in [0.717, 1.165) is 44.9 Å². The van der Waals surface area contributed by atoms with E-state index >= 15 is 0 Å². The number of allylic oxidation sites excluding steroid dienone is 8. The SMILES string of the molecule is CC/C=C\C/C=C\C/C=C\C/C=C\CCC(=O)OC(COC(=O)CCCCCCCCCCCCCCCCCCCCCCCCCCCCCCCC)COP(=O)(O)OCCN. The van der Waals surface area contributed by atoms with Crippen LogP contribution < -0.4 is 5.73 Å². The van der Waals surface area contributed by atoms with E-state index in [2.05, 4.69) is 50.3 Å².